The quantitative estimate of drug-likeness (QED) is 0.551. The molecule has 6 nitrogen and oxygen atoms in total. The lowest BCUT2D eigenvalue weighted by Crippen LogP contribution is -2.83. The number of tetrazole rings is 1. The van der Waals surface area contributed by atoms with Crippen LogP contribution in [0.4, 0.5) is 0 Å². The standard InChI is InChI=1S/C10H14N6S/c1-16-10(13-14-15-16)17-6-5-12-8-9-3-2-4-11-7-9/h2-4,7,12H,5-6,8H2,1H3/p+1. The lowest BCUT2D eigenvalue weighted by atomic mass is 10.3. The molecule has 0 saturated carbocycles. The predicted molar refractivity (Wildman–Crippen MR) is 64.3 cm³/mol. The van der Waals surface area contributed by atoms with Crippen molar-refractivity contribution in [3.8, 4) is 0 Å². The van der Waals surface area contributed by atoms with E-state index in [4.69, 9.17) is 0 Å². The molecule has 0 radical (unpaired) electrons. The van der Waals surface area contributed by atoms with E-state index >= 15 is 0 Å². The molecule has 0 aliphatic heterocycles. The van der Waals surface area contributed by atoms with Crippen LogP contribution in [0.25, 0.3) is 0 Å². The van der Waals surface area contributed by atoms with E-state index < -0.39 is 0 Å². The van der Waals surface area contributed by atoms with Gasteiger partial charge < -0.3 is 5.32 Å². The number of aryl methyl sites for hydroxylation is 1. The van der Waals surface area contributed by atoms with E-state index in [0.29, 0.717) is 0 Å². The van der Waals surface area contributed by atoms with Crippen molar-refractivity contribution in [2.75, 3.05) is 12.3 Å². The first-order chi connectivity index (χ1) is 8.36. The molecule has 0 aliphatic rings. The zero-order valence-electron chi connectivity index (χ0n) is 9.65. The summed E-state index contributed by atoms with van der Waals surface area (Å²) in [5.41, 5.74) is 1.25. The fraction of sp³-hybridized carbons (Fsp3) is 0.400. The van der Waals surface area contributed by atoms with Crippen molar-refractivity contribution in [2.45, 2.75) is 11.7 Å². The highest BCUT2D eigenvalue weighted by Gasteiger charge is 2.02. The Morgan fingerprint density at radius 2 is 2.41 bits per heavy atom. The zero-order valence-corrected chi connectivity index (χ0v) is 10.5. The van der Waals surface area contributed by atoms with Crippen LogP contribution >= 0.6 is 11.8 Å². The van der Waals surface area contributed by atoms with E-state index in [1.54, 1.807) is 22.6 Å². The van der Waals surface area contributed by atoms with Gasteiger partial charge in [-0.1, -0.05) is 17.8 Å². The summed E-state index contributed by atoms with van der Waals surface area (Å²) < 4.78 is 1.69. The molecule has 7 heteroatoms. The summed E-state index contributed by atoms with van der Waals surface area (Å²) in [6, 6.07) is 4.05. The maximum absolute atomic E-state index is 4.08. The average molecular weight is 251 g/mol. The lowest BCUT2D eigenvalue weighted by Gasteiger charge is -2.01. The van der Waals surface area contributed by atoms with Gasteiger partial charge in [0.05, 0.1) is 12.3 Å². The summed E-state index contributed by atoms with van der Waals surface area (Å²) in [5, 5.41) is 14.4. The monoisotopic (exact) mass is 251 g/mol. The Hall–Kier alpha value is -1.47. The van der Waals surface area contributed by atoms with Gasteiger partial charge in [-0.3, -0.25) is 4.98 Å². The summed E-state index contributed by atoms with van der Waals surface area (Å²) in [4.78, 5) is 4.08. The molecule has 0 amide bonds. The van der Waals surface area contributed by atoms with Crippen LogP contribution in [0.3, 0.4) is 0 Å². The number of rotatable bonds is 6. The van der Waals surface area contributed by atoms with Crippen molar-refractivity contribution >= 4 is 11.8 Å². The fourth-order valence-electron chi connectivity index (χ4n) is 1.36. The Morgan fingerprint density at radius 1 is 1.47 bits per heavy atom. The number of hydrogen-bond donors (Lipinski definition) is 1. The second kappa shape index (κ2) is 6.31. The molecule has 0 aromatic carbocycles. The number of aromatic nitrogens is 5. The number of nitrogens with two attached hydrogens (primary N) is 1. The predicted octanol–water partition coefficient (Wildman–Crippen LogP) is -0.539. The van der Waals surface area contributed by atoms with E-state index in [0.717, 1.165) is 24.0 Å². The number of thioether (sulfide) groups is 1. The highest BCUT2D eigenvalue weighted by atomic mass is 32.2. The molecule has 0 spiro atoms. The molecule has 90 valence electrons. The summed E-state index contributed by atoms with van der Waals surface area (Å²) >= 11 is 1.67. The summed E-state index contributed by atoms with van der Waals surface area (Å²) in [6.07, 6.45) is 3.69. The van der Waals surface area contributed by atoms with Gasteiger partial charge in [-0.2, -0.15) is 0 Å². The van der Waals surface area contributed by atoms with Crippen molar-refractivity contribution < 1.29 is 5.32 Å². The third-order valence-corrected chi connectivity index (χ3v) is 3.28. The molecule has 0 aliphatic carbocycles. The summed E-state index contributed by atoms with van der Waals surface area (Å²) in [7, 11) is 1.85. The Bertz CT molecular complexity index is 443. The number of hydrogen-bond acceptors (Lipinski definition) is 5. The van der Waals surface area contributed by atoms with Gasteiger partial charge in [0.25, 0.3) is 0 Å². The van der Waals surface area contributed by atoms with Crippen molar-refractivity contribution in [3.63, 3.8) is 0 Å². The number of quaternary nitrogens is 1. The minimum absolute atomic E-state index is 0.861. The molecule has 2 heterocycles. The largest absolute Gasteiger partial charge is 0.342 e. The topological polar surface area (TPSA) is 73.1 Å². The van der Waals surface area contributed by atoms with Crippen molar-refractivity contribution in [3.05, 3.63) is 30.1 Å². The van der Waals surface area contributed by atoms with Gasteiger partial charge >= 0.3 is 0 Å². The molecule has 2 rings (SSSR count). The second-order valence-corrected chi connectivity index (χ2v) is 4.64. The minimum Gasteiger partial charge on any atom is -0.342 e. The average Bonchev–Trinajstić information content (AvgIpc) is 2.76. The van der Waals surface area contributed by atoms with E-state index in [1.165, 1.54) is 5.56 Å². The molecule has 2 aromatic rings. The molecular weight excluding hydrogens is 236 g/mol. The molecule has 17 heavy (non-hydrogen) atoms. The fourth-order valence-corrected chi connectivity index (χ4v) is 2.15. The molecule has 2 N–H and O–H groups in total. The van der Waals surface area contributed by atoms with Gasteiger partial charge in [-0.15, -0.1) is 5.10 Å². The normalized spacial score (nSPS) is 10.6. The van der Waals surface area contributed by atoms with Crippen LogP contribution in [0, 0.1) is 0 Å². The van der Waals surface area contributed by atoms with Gasteiger partial charge in [-0.05, 0) is 16.5 Å². The summed E-state index contributed by atoms with van der Waals surface area (Å²) in [5.74, 6) is 0.995. The maximum Gasteiger partial charge on any atom is 0.209 e. The van der Waals surface area contributed by atoms with Crippen LogP contribution in [-0.2, 0) is 13.6 Å². The summed E-state index contributed by atoms with van der Waals surface area (Å²) in [6.45, 7) is 2.00. The zero-order chi connectivity index (χ0) is 11.9. The molecule has 0 atom stereocenters. The minimum atomic E-state index is 0.861. The SMILES string of the molecule is Cn1nnnc1SCC[NH2+]Cc1cccnc1. The van der Waals surface area contributed by atoms with Crippen LogP contribution in [0.1, 0.15) is 5.56 Å². The Kier molecular flexibility index (Phi) is 4.45. The Balaban J connectivity index is 1.63. The molecular formula is C10H15N6S+. The Labute approximate surface area is 104 Å². The van der Waals surface area contributed by atoms with Gasteiger partial charge in [0.1, 0.15) is 6.54 Å². The molecule has 0 saturated heterocycles. The third-order valence-electron chi connectivity index (χ3n) is 2.24. The molecule has 2 aromatic heterocycles. The van der Waals surface area contributed by atoms with Crippen LogP contribution < -0.4 is 5.32 Å². The van der Waals surface area contributed by atoms with Crippen LogP contribution in [0.15, 0.2) is 29.7 Å². The van der Waals surface area contributed by atoms with E-state index in [-0.39, 0.29) is 0 Å². The van der Waals surface area contributed by atoms with Gasteiger partial charge in [-0.25, -0.2) is 4.68 Å². The van der Waals surface area contributed by atoms with Gasteiger partial charge in [0.15, 0.2) is 0 Å². The first-order valence-corrected chi connectivity index (χ1v) is 6.40. The third kappa shape index (κ3) is 3.79. The van der Waals surface area contributed by atoms with E-state index in [2.05, 4.69) is 31.9 Å². The first-order valence-electron chi connectivity index (χ1n) is 5.42. The van der Waals surface area contributed by atoms with Crippen LogP contribution in [0.5, 0.6) is 0 Å². The van der Waals surface area contributed by atoms with Crippen molar-refractivity contribution in [1.29, 1.82) is 0 Å². The molecule has 0 bridgehead atoms. The smallest absolute Gasteiger partial charge is 0.209 e. The van der Waals surface area contributed by atoms with Gasteiger partial charge in [0.2, 0.25) is 5.16 Å². The maximum atomic E-state index is 4.08. The number of nitrogens with zero attached hydrogens (tertiary/aromatic N) is 5. The lowest BCUT2D eigenvalue weighted by molar-refractivity contribution is -0.666. The van der Waals surface area contributed by atoms with E-state index in [9.17, 15) is 0 Å². The highest BCUT2D eigenvalue weighted by Crippen LogP contribution is 2.09. The second-order valence-electron chi connectivity index (χ2n) is 3.58. The van der Waals surface area contributed by atoms with E-state index in [1.807, 2.05) is 19.3 Å². The highest BCUT2D eigenvalue weighted by molar-refractivity contribution is 7.99. The Morgan fingerprint density at radius 3 is 3.12 bits per heavy atom. The first kappa shape index (κ1) is 12.0. The molecule has 0 fully saturated rings. The van der Waals surface area contributed by atoms with Crippen molar-refractivity contribution in [2.24, 2.45) is 7.05 Å². The molecule has 0 unspecified atom stereocenters. The van der Waals surface area contributed by atoms with Crippen LogP contribution in [0.2, 0.25) is 0 Å². The van der Waals surface area contributed by atoms with Gasteiger partial charge in [0, 0.05) is 25.0 Å². The van der Waals surface area contributed by atoms with Crippen molar-refractivity contribution in [1.82, 2.24) is 25.2 Å². The van der Waals surface area contributed by atoms with Crippen LogP contribution in [-0.4, -0.2) is 37.5 Å². The number of pyridine rings is 1.